The molecule has 0 bridgehead atoms. The molecular weight excluding hydrogens is 264 g/mol. The molecule has 0 N–H and O–H groups in total. The van der Waals surface area contributed by atoms with Crippen LogP contribution in [0.1, 0.15) is 12.5 Å². The van der Waals surface area contributed by atoms with E-state index in [2.05, 4.69) is 9.47 Å². The summed E-state index contributed by atoms with van der Waals surface area (Å²) < 4.78 is 36.5. The Morgan fingerprint density at radius 1 is 1.47 bits per heavy atom. The highest BCUT2D eigenvalue weighted by atomic mass is 19.3. The second-order valence-corrected chi connectivity index (χ2v) is 3.44. The average Bonchev–Trinajstić information content (AvgIpc) is 2.38. The van der Waals surface area contributed by atoms with E-state index in [0.717, 1.165) is 25.3 Å². The summed E-state index contributed by atoms with van der Waals surface area (Å²) in [6, 6.07) is 2.46. The van der Waals surface area contributed by atoms with Crippen molar-refractivity contribution in [3.63, 3.8) is 0 Å². The Bertz CT molecular complexity index is 504. The molecule has 104 valence electrons. The Morgan fingerprint density at radius 3 is 2.58 bits per heavy atom. The van der Waals surface area contributed by atoms with E-state index in [1.807, 2.05) is 0 Å². The van der Waals surface area contributed by atoms with Crippen LogP contribution < -0.4 is 4.74 Å². The third-order valence-corrected chi connectivity index (χ3v) is 2.27. The van der Waals surface area contributed by atoms with Crippen LogP contribution in [0, 0.1) is 10.1 Å². The number of hydrogen-bond acceptors (Lipinski definition) is 5. The van der Waals surface area contributed by atoms with Crippen LogP contribution in [0.4, 0.5) is 14.5 Å². The molecule has 0 spiro atoms. The summed E-state index contributed by atoms with van der Waals surface area (Å²) in [5.74, 6) is -6.12. The molecule has 6 nitrogen and oxygen atoms in total. The number of esters is 1. The predicted molar refractivity (Wildman–Crippen MR) is 60.2 cm³/mol. The van der Waals surface area contributed by atoms with Crippen LogP contribution in [-0.4, -0.2) is 24.6 Å². The van der Waals surface area contributed by atoms with E-state index in [1.165, 1.54) is 6.92 Å². The first kappa shape index (κ1) is 14.8. The Labute approximate surface area is 107 Å². The Hall–Kier alpha value is -2.25. The van der Waals surface area contributed by atoms with Gasteiger partial charge in [0.25, 0.3) is 5.69 Å². The van der Waals surface area contributed by atoms with Crippen LogP contribution in [0.5, 0.6) is 5.75 Å². The number of hydrogen-bond donors (Lipinski definition) is 0. The van der Waals surface area contributed by atoms with Gasteiger partial charge >= 0.3 is 11.9 Å². The highest BCUT2D eigenvalue weighted by Gasteiger charge is 2.45. The van der Waals surface area contributed by atoms with E-state index in [0.29, 0.717) is 0 Å². The number of ether oxygens (including phenoxy) is 2. The topological polar surface area (TPSA) is 78.7 Å². The van der Waals surface area contributed by atoms with Crippen LogP contribution in [0.15, 0.2) is 18.2 Å². The molecular formula is C11H11F2NO5. The molecule has 0 unspecified atom stereocenters. The summed E-state index contributed by atoms with van der Waals surface area (Å²) in [6.45, 7) is 1.19. The molecule has 0 saturated carbocycles. The van der Waals surface area contributed by atoms with E-state index in [4.69, 9.17) is 0 Å². The maximum absolute atomic E-state index is 13.8. The first-order valence-electron chi connectivity index (χ1n) is 5.22. The number of benzene rings is 1. The van der Waals surface area contributed by atoms with Gasteiger partial charge in [0, 0.05) is 6.07 Å². The first-order valence-corrected chi connectivity index (χ1v) is 5.22. The van der Waals surface area contributed by atoms with Crippen LogP contribution in [-0.2, 0) is 15.5 Å². The van der Waals surface area contributed by atoms with Crippen LogP contribution in [0.3, 0.4) is 0 Å². The first-order chi connectivity index (χ1) is 8.84. The summed E-state index contributed by atoms with van der Waals surface area (Å²) in [7, 11) is 1.07. The Balaban J connectivity index is 3.26. The van der Waals surface area contributed by atoms with Gasteiger partial charge in [0.2, 0.25) is 0 Å². The van der Waals surface area contributed by atoms with Crippen molar-refractivity contribution >= 4 is 11.7 Å². The molecule has 0 aliphatic heterocycles. The van der Waals surface area contributed by atoms with Crippen molar-refractivity contribution in [1.29, 1.82) is 0 Å². The molecule has 0 atom stereocenters. The van der Waals surface area contributed by atoms with Gasteiger partial charge in [-0.1, -0.05) is 0 Å². The summed E-state index contributed by atoms with van der Waals surface area (Å²) >= 11 is 0. The number of nitro groups is 1. The maximum Gasteiger partial charge on any atom is 0.382 e. The van der Waals surface area contributed by atoms with Gasteiger partial charge in [-0.25, -0.2) is 4.79 Å². The molecule has 1 aromatic carbocycles. The van der Waals surface area contributed by atoms with Gasteiger partial charge < -0.3 is 9.47 Å². The smallest absolute Gasteiger partial charge is 0.382 e. The zero-order chi connectivity index (χ0) is 14.6. The summed E-state index contributed by atoms with van der Waals surface area (Å²) in [5, 5.41) is 10.5. The zero-order valence-corrected chi connectivity index (χ0v) is 10.2. The van der Waals surface area contributed by atoms with Crippen LogP contribution in [0.25, 0.3) is 0 Å². The molecule has 0 aromatic heterocycles. The molecule has 0 aliphatic rings. The second kappa shape index (κ2) is 5.59. The Morgan fingerprint density at radius 2 is 2.11 bits per heavy atom. The average molecular weight is 275 g/mol. The number of non-ortho nitro benzene ring substituents is 1. The molecule has 0 radical (unpaired) electrons. The predicted octanol–water partition coefficient (Wildman–Crippen LogP) is 2.26. The lowest BCUT2D eigenvalue weighted by atomic mass is 10.1. The molecule has 1 aromatic rings. The molecule has 0 aliphatic carbocycles. The van der Waals surface area contributed by atoms with Gasteiger partial charge in [-0.2, -0.15) is 8.78 Å². The molecule has 1 rings (SSSR count). The lowest BCUT2D eigenvalue weighted by molar-refractivity contribution is -0.385. The minimum Gasteiger partial charge on any atom is -0.496 e. The molecule has 8 heteroatoms. The second-order valence-electron chi connectivity index (χ2n) is 3.44. The SMILES string of the molecule is CCOC(=O)C(F)(F)c1ccc([N+](=O)[O-])cc1OC. The minimum absolute atomic E-state index is 0.205. The van der Waals surface area contributed by atoms with Crippen molar-refractivity contribution in [2.75, 3.05) is 13.7 Å². The number of alkyl halides is 2. The largest absolute Gasteiger partial charge is 0.496 e. The van der Waals surface area contributed by atoms with Crippen molar-refractivity contribution < 1.29 is 28.0 Å². The number of carbonyl (C=O) groups is 1. The summed E-state index contributed by atoms with van der Waals surface area (Å²) in [6.07, 6.45) is 0. The summed E-state index contributed by atoms with van der Waals surface area (Å²) in [5.41, 5.74) is -1.20. The van der Waals surface area contributed by atoms with Gasteiger partial charge in [-0.3, -0.25) is 10.1 Å². The van der Waals surface area contributed by atoms with E-state index in [9.17, 15) is 23.7 Å². The quantitative estimate of drug-likeness (QED) is 0.468. The Kier molecular flexibility index (Phi) is 4.36. The van der Waals surface area contributed by atoms with Crippen LogP contribution >= 0.6 is 0 Å². The molecule has 0 amide bonds. The molecule has 0 heterocycles. The lowest BCUT2D eigenvalue weighted by Gasteiger charge is -2.17. The monoisotopic (exact) mass is 275 g/mol. The van der Waals surface area contributed by atoms with Crippen LogP contribution in [0.2, 0.25) is 0 Å². The number of methoxy groups -OCH3 is 1. The van der Waals surface area contributed by atoms with E-state index < -0.39 is 33.8 Å². The van der Waals surface area contributed by atoms with E-state index in [1.54, 1.807) is 0 Å². The number of halogens is 2. The minimum atomic E-state index is -3.93. The van der Waals surface area contributed by atoms with E-state index >= 15 is 0 Å². The number of nitro benzene ring substituents is 1. The van der Waals surface area contributed by atoms with Crippen molar-refractivity contribution in [1.82, 2.24) is 0 Å². The lowest BCUT2D eigenvalue weighted by Crippen LogP contribution is -2.28. The normalized spacial score (nSPS) is 10.9. The highest BCUT2D eigenvalue weighted by molar-refractivity contribution is 5.80. The number of nitrogens with zero attached hydrogens (tertiary/aromatic N) is 1. The highest BCUT2D eigenvalue weighted by Crippen LogP contribution is 2.37. The number of carbonyl (C=O) groups excluding carboxylic acids is 1. The van der Waals surface area contributed by atoms with Crippen molar-refractivity contribution in [2.24, 2.45) is 0 Å². The van der Waals surface area contributed by atoms with Crippen molar-refractivity contribution in [3.8, 4) is 5.75 Å². The van der Waals surface area contributed by atoms with Gasteiger partial charge in [0.05, 0.1) is 30.3 Å². The fraction of sp³-hybridized carbons (Fsp3) is 0.364. The van der Waals surface area contributed by atoms with Gasteiger partial charge in [0.1, 0.15) is 5.75 Å². The van der Waals surface area contributed by atoms with Gasteiger partial charge in [0.15, 0.2) is 0 Å². The standard InChI is InChI=1S/C11H11F2NO5/c1-3-19-10(15)11(12,13)8-5-4-7(14(16)17)6-9(8)18-2/h4-6H,3H2,1-2H3. The molecule has 0 saturated heterocycles. The maximum atomic E-state index is 13.8. The van der Waals surface area contributed by atoms with Gasteiger partial charge in [-0.05, 0) is 13.0 Å². The van der Waals surface area contributed by atoms with Gasteiger partial charge in [-0.15, -0.1) is 0 Å². The number of rotatable bonds is 5. The van der Waals surface area contributed by atoms with Crippen molar-refractivity contribution in [2.45, 2.75) is 12.8 Å². The third kappa shape index (κ3) is 2.95. The fourth-order valence-corrected chi connectivity index (χ4v) is 1.38. The van der Waals surface area contributed by atoms with Crippen molar-refractivity contribution in [3.05, 3.63) is 33.9 Å². The molecule has 0 fully saturated rings. The zero-order valence-electron chi connectivity index (χ0n) is 10.2. The fourth-order valence-electron chi connectivity index (χ4n) is 1.38. The summed E-state index contributed by atoms with van der Waals surface area (Å²) in [4.78, 5) is 21.0. The molecule has 19 heavy (non-hydrogen) atoms. The van der Waals surface area contributed by atoms with E-state index in [-0.39, 0.29) is 6.61 Å². The third-order valence-electron chi connectivity index (χ3n) is 2.27.